The van der Waals surface area contributed by atoms with Crippen molar-refractivity contribution in [3.8, 4) is 11.4 Å². The number of carbonyl (C=O) groups is 2. The molecule has 8 heteroatoms. The van der Waals surface area contributed by atoms with Crippen LogP contribution in [-0.4, -0.2) is 31.4 Å². The third-order valence-electron chi connectivity index (χ3n) is 6.30. The van der Waals surface area contributed by atoms with Crippen LogP contribution in [0.3, 0.4) is 0 Å². The van der Waals surface area contributed by atoms with Crippen molar-refractivity contribution in [2.75, 3.05) is 10.6 Å². The Morgan fingerprint density at radius 3 is 1.44 bits per heavy atom. The van der Waals surface area contributed by atoms with Crippen LogP contribution in [0.15, 0.2) is 85.5 Å². The van der Waals surface area contributed by atoms with Crippen LogP contribution in [0.5, 0.6) is 0 Å². The lowest BCUT2D eigenvalue weighted by Crippen LogP contribution is -2.32. The van der Waals surface area contributed by atoms with E-state index in [1.165, 1.54) is 0 Å². The Morgan fingerprint density at radius 2 is 1.06 bits per heavy atom. The molecule has 5 rings (SSSR count). The van der Waals surface area contributed by atoms with Gasteiger partial charge in [0.05, 0.1) is 22.7 Å². The van der Waals surface area contributed by atoms with E-state index < -0.39 is 0 Å². The molecule has 8 nitrogen and oxygen atoms in total. The first-order chi connectivity index (χ1) is 16.7. The summed E-state index contributed by atoms with van der Waals surface area (Å²) in [6, 6.07) is 18.9. The number of hydrogen-bond acceptors (Lipinski definition) is 4. The zero-order valence-electron chi connectivity index (χ0n) is 18.7. The summed E-state index contributed by atoms with van der Waals surface area (Å²) in [6.45, 7) is 0. The SMILES string of the molecule is O=C(Nc1ccccc1-n1cccn1)C1CCC(C(=O)Nc2ccccc2-n2cccn2)CC1. The second kappa shape index (κ2) is 9.74. The molecule has 1 aliphatic carbocycles. The van der Waals surface area contributed by atoms with Crippen LogP contribution in [-0.2, 0) is 9.59 Å². The topological polar surface area (TPSA) is 93.8 Å². The van der Waals surface area contributed by atoms with Crippen molar-refractivity contribution in [3.63, 3.8) is 0 Å². The zero-order chi connectivity index (χ0) is 23.3. The van der Waals surface area contributed by atoms with Gasteiger partial charge < -0.3 is 10.6 Å². The molecule has 2 amide bonds. The van der Waals surface area contributed by atoms with E-state index in [1.807, 2.05) is 73.1 Å². The predicted molar refractivity (Wildman–Crippen MR) is 130 cm³/mol. The van der Waals surface area contributed by atoms with E-state index in [0.717, 1.165) is 22.7 Å². The molecule has 2 N–H and O–H groups in total. The standard InChI is InChI=1S/C26H26N6O2/c33-25(29-21-7-1-3-9-23(21)31-17-5-15-27-31)19-11-13-20(14-12-19)26(34)30-22-8-2-4-10-24(22)32-18-6-16-28-32/h1-10,15-20H,11-14H2,(H,29,33)(H,30,34). The van der Waals surface area contributed by atoms with Crippen LogP contribution >= 0.6 is 0 Å². The van der Waals surface area contributed by atoms with Crippen molar-refractivity contribution in [2.45, 2.75) is 25.7 Å². The van der Waals surface area contributed by atoms with Gasteiger partial charge >= 0.3 is 0 Å². The quantitative estimate of drug-likeness (QED) is 0.450. The van der Waals surface area contributed by atoms with Gasteiger partial charge in [-0.1, -0.05) is 24.3 Å². The molecule has 1 fully saturated rings. The van der Waals surface area contributed by atoms with Gasteiger partial charge in [0.2, 0.25) is 11.8 Å². The van der Waals surface area contributed by atoms with Crippen molar-refractivity contribution < 1.29 is 9.59 Å². The van der Waals surface area contributed by atoms with Crippen molar-refractivity contribution in [1.29, 1.82) is 0 Å². The van der Waals surface area contributed by atoms with Gasteiger partial charge in [-0.05, 0) is 62.1 Å². The number of hydrogen-bond donors (Lipinski definition) is 2. The molecule has 0 aliphatic heterocycles. The number of anilines is 2. The molecule has 1 saturated carbocycles. The monoisotopic (exact) mass is 454 g/mol. The Morgan fingerprint density at radius 1 is 0.647 bits per heavy atom. The summed E-state index contributed by atoms with van der Waals surface area (Å²) in [5, 5.41) is 14.7. The highest BCUT2D eigenvalue weighted by Gasteiger charge is 2.30. The van der Waals surface area contributed by atoms with Crippen LogP contribution < -0.4 is 10.6 Å². The van der Waals surface area contributed by atoms with Gasteiger partial charge in [-0.2, -0.15) is 10.2 Å². The molecule has 34 heavy (non-hydrogen) atoms. The molecule has 4 aromatic rings. The molecule has 0 bridgehead atoms. The van der Waals surface area contributed by atoms with E-state index in [-0.39, 0.29) is 23.7 Å². The van der Waals surface area contributed by atoms with E-state index in [2.05, 4.69) is 20.8 Å². The van der Waals surface area contributed by atoms with E-state index in [0.29, 0.717) is 25.7 Å². The maximum absolute atomic E-state index is 13.0. The second-order valence-corrected chi connectivity index (χ2v) is 8.46. The Kier molecular flexibility index (Phi) is 6.20. The van der Waals surface area contributed by atoms with E-state index >= 15 is 0 Å². The zero-order valence-corrected chi connectivity index (χ0v) is 18.7. The first-order valence-corrected chi connectivity index (χ1v) is 11.5. The molecular weight excluding hydrogens is 428 g/mol. The first kappa shape index (κ1) is 21.6. The molecule has 0 atom stereocenters. The van der Waals surface area contributed by atoms with E-state index in [4.69, 9.17) is 0 Å². The molecular formula is C26H26N6O2. The Labute approximate surface area is 197 Å². The highest BCUT2D eigenvalue weighted by atomic mass is 16.2. The smallest absolute Gasteiger partial charge is 0.227 e. The Hall–Kier alpha value is -4.20. The Balaban J connectivity index is 1.19. The van der Waals surface area contributed by atoms with Crippen LogP contribution in [0.25, 0.3) is 11.4 Å². The minimum absolute atomic E-state index is 0.0116. The number of para-hydroxylation sites is 4. The largest absolute Gasteiger partial charge is 0.324 e. The highest BCUT2D eigenvalue weighted by Crippen LogP contribution is 2.32. The maximum atomic E-state index is 13.0. The minimum atomic E-state index is -0.119. The number of nitrogens with zero attached hydrogens (tertiary/aromatic N) is 4. The summed E-state index contributed by atoms with van der Waals surface area (Å²) in [6.07, 6.45) is 9.81. The summed E-state index contributed by atoms with van der Waals surface area (Å²) in [7, 11) is 0. The van der Waals surface area contributed by atoms with Gasteiger partial charge in [0, 0.05) is 36.6 Å². The van der Waals surface area contributed by atoms with Crippen LogP contribution in [0, 0.1) is 11.8 Å². The number of nitrogens with one attached hydrogen (secondary N) is 2. The average Bonchev–Trinajstić information content (AvgIpc) is 3.60. The lowest BCUT2D eigenvalue weighted by molar-refractivity contribution is -0.125. The third-order valence-corrected chi connectivity index (χ3v) is 6.30. The molecule has 0 spiro atoms. The first-order valence-electron chi connectivity index (χ1n) is 11.5. The van der Waals surface area contributed by atoms with Crippen LogP contribution in [0.4, 0.5) is 11.4 Å². The Bertz CT molecular complexity index is 1160. The predicted octanol–water partition coefficient (Wildman–Crippen LogP) is 4.44. The number of rotatable bonds is 6. The van der Waals surface area contributed by atoms with Crippen molar-refractivity contribution in [3.05, 3.63) is 85.5 Å². The maximum Gasteiger partial charge on any atom is 0.227 e. The van der Waals surface area contributed by atoms with Gasteiger partial charge in [-0.25, -0.2) is 9.36 Å². The molecule has 0 unspecified atom stereocenters. The number of carbonyl (C=O) groups excluding carboxylic acids is 2. The number of amides is 2. The molecule has 0 saturated heterocycles. The molecule has 2 aromatic heterocycles. The summed E-state index contributed by atoms with van der Waals surface area (Å²) < 4.78 is 3.47. The van der Waals surface area contributed by atoms with Crippen molar-refractivity contribution >= 4 is 23.2 Å². The normalized spacial score (nSPS) is 17.8. The van der Waals surface area contributed by atoms with Gasteiger partial charge in [0.1, 0.15) is 0 Å². The summed E-state index contributed by atoms with van der Waals surface area (Å²) in [5.74, 6) is -0.262. The van der Waals surface area contributed by atoms with Gasteiger partial charge in [-0.15, -0.1) is 0 Å². The minimum Gasteiger partial charge on any atom is -0.324 e. The van der Waals surface area contributed by atoms with Crippen LogP contribution in [0.1, 0.15) is 25.7 Å². The lowest BCUT2D eigenvalue weighted by Gasteiger charge is -2.27. The second-order valence-electron chi connectivity index (χ2n) is 8.46. The molecule has 172 valence electrons. The van der Waals surface area contributed by atoms with Gasteiger partial charge in [-0.3, -0.25) is 9.59 Å². The molecule has 1 aliphatic rings. The summed E-state index contributed by atoms with van der Waals surface area (Å²) >= 11 is 0. The summed E-state index contributed by atoms with van der Waals surface area (Å²) in [4.78, 5) is 26.0. The van der Waals surface area contributed by atoms with E-state index in [1.54, 1.807) is 21.8 Å². The number of aromatic nitrogens is 4. The lowest BCUT2D eigenvalue weighted by atomic mass is 9.81. The third kappa shape index (κ3) is 4.61. The molecule has 2 heterocycles. The fourth-order valence-corrected chi connectivity index (χ4v) is 4.47. The highest BCUT2D eigenvalue weighted by molar-refractivity contribution is 5.96. The van der Waals surface area contributed by atoms with Crippen molar-refractivity contribution in [2.24, 2.45) is 11.8 Å². The van der Waals surface area contributed by atoms with Gasteiger partial charge in [0.25, 0.3) is 0 Å². The fourth-order valence-electron chi connectivity index (χ4n) is 4.47. The van der Waals surface area contributed by atoms with E-state index in [9.17, 15) is 9.59 Å². The van der Waals surface area contributed by atoms with Crippen molar-refractivity contribution in [1.82, 2.24) is 19.6 Å². The molecule has 2 aromatic carbocycles. The van der Waals surface area contributed by atoms with Gasteiger partial charge in [0.15, 0.2) is 0 Å². The summed E-state index contributed by atoms with van der Waals surface area (Å²) in [5.41, 5.74) is 3.10. The number of benzene rings is 2. The van der Waals surface area contributed by atoms with Crippen LogP contribution in [0.2, 0.25) is 0 Å². The molecule has 0 radical (unpaired) electrons. The average molecular weight is 455 g/mol. The fraction of sp³-hybridized carbons (Fsp3) is 0.231.